The van der Waals surface area contributed by atoms with Crippen LogP contribution >= 0.6 is 22.9 Å². The van der Waals surface area contributed by atoms with Gasteiger partial charge in [0.1, 0.15) is 9.88 Å². The van der Waals surface area contributed by atoms with Gasteiger partial charge in [0.15, 0.2) is 6.10 Å². The molecule has 0 bridgehead atoms. The van der Waals surface area contributed by atoms with Gasteiger partial charge in [0.05, 0.1) is 24.5 Å². The number of nitrogens with one attached hydrogen (secondary N) is 2. The van der Waals surface area contributed by atoms with Crippen LogP contribution in [0.15, 0.2) is 30.3 Å². The van der Waals surface area contributed by atoms with E-state index in [-0.39, 0.29) is 28.7 Å². The number of hydroxylamine groups is 1. The number of halogens is 1. The summed E-state index contributed by atoms with van der Waals surface area (Å²) in [4.78, 5) is 43.1. The summed E-state index contributed by atoms with van der Waals surface area (Å²) in [6, 6.07) is 7.12. The van der Waals surface area contributed by atoms with Crippen molar-refractivity contribution in [2.75, 3.05) is 18.5 Å². The van der Waals surface area contributed by atoms with Crippen molar-refractivity contribution in [3.05, 3.63) is 56.9 Å². The van der Waals surface area contributed by atoms with Crippen molar-refractivity contribution in [2.24, 2.45) is 0 Å². The first kappa shape index (κ1) is 22.8. The Hall–Kier alpha value is -2.88. The van der Waals surface area contributed by atoms with Gasteiger partial charge in [-0.1, -0.05) is 29.8 Å². The molecule has 2 N–H and O–H groups in total. The highest BCUT2D eigenvalue weighted by molar-refractivity contribution is 7.18. The van der Waals surface area contributed by atoms with Gasteiger partial charge < -0.3 is 14.8 Å². The maximum atomic E-state index is 12.8. The van der Waals surface area contributed by atoms with E-state index in [1.54, 1.807) is 45.0 Å². The topological polar surface area (TPSA) is 103 Å². The van der Waals surface area contributed by atoms with Gasteiger partial charge in [-0.2, -0.15) is 0 Å². The smallest absolute Gasteiger partial charge is 0.348 e. The number of benzene rings is 1. The Morgan fingerprint density at radius 3 is 2.52 bits per heavy atom. The van der Waals surface area contributed by atoms with E-state index < -0.39 is 23.9 Å². The fourth-order valence-corrected chi connectivity index (χ4v) is 4.25. The average Bonchev–Trinajstić information content (AvgIpc) is 3.34. The lowest BCUT2D eigenvalue weighted by molar-refractivity contribution is -0.125. The first-order chi connectivity index (χ1) is 14.9. The van der Waals surface area contributed by atoms with E-state index in [4.69, 9.17) is 25.9 Å². The Balaban J connectivity index is 1.86. The van der Waals surface area contributed by atoms with Crippen LogP contribution in [0.5, 0.6) is 0 Å². The second kappa shape index (κ2) is 9.95. The minimum atomic E-state index is -0.977. The van der Waals surface area contributed by atoms with E-state index in [9.17, 15) is 14.4 Å². The van der Waals surface area contributed by atoms with Gasteiger partial charge in [0.2, 0.25) is 0 Å². The van der Waals surface area contributed by atoms with Crippen molar-refractivity contribution in [3.63, 3.8) is 0 Å². The van der Waals surface area contributed by atoms with E-state index in [0.717, 1.165) is 11.3 Å². The molecule has 1 aliphatic heterocycles. The third-order valence-electron chi connectivity index (χ3n) is 4.36. The minimum Gasteiger partial charge on any atom is -0.462 e. The van der Waals surface area contributed by atoms with E-state index in [1.165, 1.54) is 0 Å². The fraction of sp³-hybridized carbons (Fsp3) is 0.286. The summed E-state index contributed by atoms with van der Waals surface area (Å²) in [5, 5.41) is 3.36. The molecule has 0 unspecified atom stereocenters. The van der Waals surface area contributed by atoms with Crippen LogP contribution in [-0.4, -0.2) is 37.2 Å². The Labute approximate surface area is 188 Å². The molecule has 1 aliphatic rings. The standard InChI is InChI=1S/C21H21ClN2O6S/c1-4-28-20(26)16-11(3)17(21(27)29-5-2)31-19(16)23-18(25)15-10-14(24-30-15)12-8-6-7-9-13(12)22/h6-10,15,24H,4-5H2,1-3H3,(H,23,25)/t15-/m1/s1. The maximum absolute atomic E-state index is 12.8. The number of rotatable bonds is 7. The van der Waals surface area contributed by atoms with Gasteiger partial charge in [-0.15, -0.1) is 11.3 Å². The fourth-order valence-electron chi connectivity index (χ4n) is 2.92. The molecule has 8 nitrogen and oxygen atoms in total. The van der Waals surface area contributed by atoms with Crippen LogP contribution in [0.2, 0.25) is 5.02 Å². The second-order valence-electron chi connectivity index (χ2n) is 6.39. The molecule has 1 amide bonds. The molecule has 2 heterocycles. The summed E-state index contributed by atoms with van der Waals surface area (Å²) in [7, 11) is 0. The first-order valence-electron chi connectivity index (χ1n) is 9.54. The number of ether oxygens (including phenoxy) is 2. The SMILES string of the molecule is CCOC(=O)c1sc(NC(=O)[C@H]2C=C(c3ccccc3Cl)NO2)c(C(=O)OCC)c1C. The van der Waals surface area contributed by atoms with Crippen LogP contribution in [0.3, 0.4) is 0 Å². The lowest BCUT2D eigenvalue weighted by Crippen LogP contribution is -2.28. The van der Waals surface area contributed by atoms with Crippen LogP contribution in [-0.2, 0) is 19.1 Å². The van der Waals surface area contributed by atoms with Crippen LogP contribution in [0, 0.1) is 6.92 Å². The minimum absolute atomic E-state index is 0.115. The molecule has 0 radical (unpaired) electrons. The molecular formula is C21H21ClN2O6S. The molecule has 0 spiro atoms. The van der Waals surface area contributed by atoms with Gasteiger partial charge in [-0.25, -0.2) is 9.59 Å². The summed E-state index contributed by atoms with van der Waals surface area (Å²) in [5.41, 5.74) is 4.42. The van der Waals surface area contributed by atoms with Crippen LogP contribution in [0.25, 0.3) is 5.70 Å². The van der Waals surface area contributed by atoms with E-state index in [0.29, 0.717) is 21.8 Å². The lowest BCUT2D eigenvalue weighted by Gasteiger charge is -2.09. The predicted octanol–water partition coefficient (Wildman–Crippen LogP) is 3.95. The van der Waals surface area contributed by atoms with Gasteiger partial charge in [-0.3, -0.25) is 15.1 Å². The summed E-state index contributed by atoms with van der Waals surface area (Å²) >= 11 is 7.14. The Bertz CT molecular complexity index is 1050. The zero-order valence-electron chi connectivity index (χ0n) is 17.1. The predicted molar refractivity (Wildman–Crippen MR) is 117 cm³/mol. The molecule has 0 saturated heterocycles. The summed E-state index contributed by atoms with van der Waals surface area (Å²) in [6.45, 7) is 5.29. The Morgan fingerprint density at radius 1 is 1.16 bits per heavy atom. The molecule has 3 rings (SSSR count). The molecule has 1 atom stereocenters. The number of anilines is 1. The number of carbonyl (C=O) groups excluding carboxylic acids is 3. The van der Waals surface area contributed by atoms with E-state index >= 15 is 0 Å². The molecule has 1 aromatic heterocycles. The lowest BCUT2D eigenvalue weighted by atomic mass is 10.1. The van der Waals surface area contributed by atoms with Crippen molar-refractivity contribution in [1.82, 2.24) is 5.48 Å². The normalized spacial score (nSPS) is 15.1. The highest BCUT2D eigenvalue weighted by atomic mass is 35.5. The zero-order chi connectivity index (χ0) is 22.5. The van der Waals surface area contributed by atoms with E-state index in [2.05, 4.69) is 10.8 Å². The maximum Gasteiger partial charge on any atom is 0.348 e. The van der Waals surface area contributed by atoms with Gasteiger partial charge >= 0.3 is 11.9 Å². The van der Waals surface area contributed by atoms with Gasteiger partial charge in [-0.05, 0) is 38.5 Å². The largest absolute Gasteiger partial charge is 0.462 e. The molecule has 1 aromatic carbocycles. The number of thiophene rings is 1. The number of amides is 1. The van der Waals surface area contributed by atoms with E-state index in [1.807, 2.05) is 6.07 Å². The third-order valence-corrected chi connectivity index (χ3v) is 5.88. The molecule has 0 fully saturated rings. The van der Waals surface area contributed by atoms with Crippen molar-refractivity contribution in [2.45, 2.75) is 26.9 Å². The highest BCUT2D eigenvalue weighted by Gasteiger charge is 2.31. The Kier molecular flexibility index (Phi) is 7.32. The van der Waals surface area contributed by atoms with Crippen LogP contribution in [0.4, 0.5) is 5.00 Å². The molecule has 164 valence electrons. The molecule has 31 heavy (non-hydrogen) atoms. The van der Waals surface area contributed by atoms with Crippen molar-refractivity contribution < 1.29 is 28.7 Å². The zero-order valence-corrected chi connectivity index (χ0v) is 18.7. The molecule has 0 saturated carbocycles. The molecule has 2 aromatic rings. The second-order valence-corrected chi connectivity index (χ2v) is 7.82. The highest BCUT2D eigenvalue weighted by Crippen LogP contribution is 2.35. The monoisotopic (exact) mass is 464 g/mol. The first-order valence-corrected chi connectivity index (χ1v) is 10.7. The summed E-state index contributed by atoms with van der Waals surface area (Å²) in [6.07, 6.45) is 0.600. The third kappa shape index (κ3) is 4.90. The van der Waals surface area contributed by atoms with Crippen LogP contribution in [0.1, 0.15) is 45.0 Å². The number of hydrogen-bond donors (Lipinski definition) is 2. The van der Waals surface area contributed by atoms with Crippen LogP contribution < -0.4 is 10.8 Å². The molecule has 10 heteroatoms. The van der Waals surface area contributed by atoms with Crippen molar-refractivity contribution >= 4 is 51.5 Å². The Morgan fingerprint density at radius 2 is 1.84 bits per heavy atom. The number of hydrogen-bond acceptors (Lipinski definition) is 8. The van der Waals surface area contributed by atoms with Gasteiger partial charge in [0, 0.05) is 10.6 Å². The van der Waals surface area contributed by atoms with Crippen molar-refractivity contribution in [3.8, 4) is 0 Å². The summed E-state index contributed by atoms with van der Waals surface area (Å²) in [5.74, 6) is -1.74. The average molecular weight is 465 g/mol. The molecular weight excluding hydrogens is 444 g/mol. The molecule has 0 aliphatic carbocycles. The van der Waals surface area contributed by atoms with Gasteiger partial charge in [0.25, 0.3) is 5.91 Å². The quantitative estimate of drug-likeness (QED) is 0.598. The number of esters is 2. The van der Waals surface area contributed by atoms with Crippen molar-refractivity contribution in [1.29, 1.82) is 0 Å². The number of carbonyl (C=O) groups is 3. The summed E-state index contributed by atoms with van der Waals surface area (Å²) < 4.78 is 10.1.